The van der Waals surface area contributed by atoms with Gasteiger partial charge in [-0.15, -0.1) is 11.3 Å². The van der Waals surface area contributed by atoms with Crippen molar-refractivity contribution in [1.82, 2.24) is 0 Å². The minimum absolute atomic E-state index is 0.326. The molecule has 0 bridgehead atoms. The zero-order valence-corrected chi connectivity index (χ0v) is 18.0. The predicted octanol–water partition coefficient (Wildman–Crippen LogP) is 6.25. The van der Waals surface area contributed by atoms with Crippen molar-refractivity contribution in [1.29, 1.82) is 0 Å². The Morgan fingerprint density at radius 3 is 2.40 bits per heavy atom. The first-order chi connectivity index (χ1) is 14.6. The van der Waals surface area contributed by atoms with Crippen molar-refractivity contribution >= 4 is 56.7 Å². The molecule has 0 unspecified atom stereocenters. The molecule has 0 atom stereocenters. The second kappa shape index (κ2) is 9.15. The number of ether oxygens (including phenoxy) is 1. The molecule has 6 nitrogen and oxygen atoms in total. The fourth-order valence-corrected chi connectivity index (χ4v) is 4.86. The van der Waals surface area contributed by atoms with Crippen LogP contribution in [0.25, 0.3) is 0 Å². The summed E-state index contributed by atoms with van der Waals surface area (Å²) in [5, 5.41) is 15.9. The summed E-state index contributed by atoms with van der Waals surface area (Å²) < 4.78 is 4.97. The highest BCUT2D eigenvalue weighted by molar-refractivity contribution is 7.80. The minimum atomic E-state index is -0.326. The van der Waals surface area contributed by atoms with Crippen LogP contribution in [-0.2, 0) is 17.6 Å². The number of thiophene rings is 1. The molecule has 152 valence electrons. The quantitative estimate of drug-likeness (QED) is 0.281. The Morgan fingerprint density at radius 1 is 1.00 bits per heavy atom. The highest BCUT2D eigenvalue weighted by Gasteiger charge is 2.27. The van der Waals surface area contributed by atoms with Crippen molar-refractivity contribution < 1.29 is 9.53 Å². The third kappa shape index (κ3) is 4.55. The molecule has 2 N–H and O–H groups in total. The van der Waals surface area contributed by atoms with Crippen LogP contribution in [0.4, 0.5) is 22.1 Å². The van der Waals surface area contributed by atoms with E-state index in [0.29, 0.717) is 10.7 Å². The number of rotatable bonds is 5. The van der Waals surface area contributed by atoms with E-state index in [1.165, 1.54) is 12.0 Å². The highest BCUT2D eigenvalue weighted by atomic mass is 32.1. The third-order valence-electron chi connectivity index (χ3n) is 4.70. The zero-order chi connectivity index (χ0) is 20.9. The Bertz CT molecular complexity index is 1090. The number of aryl methyl sites for hydroxylation is 1. The molecule has 0 aliphatic heterocycles. The Hall–Kier alpha value is -3.10. The van der Waals surface area contributed by atoms with Gasteiger partial charge in [0.2, 0.25) is 0 Å². The molecule has 1 aliphatic carbocycles. The van der Waals surface area contributed by atoms with E-state index in [4.69, 9.17) is 17.0 Å². The lowest BCUT2D eigenvalue weighted by Gasteiger charge is -2.11. The number of hydrogen-bond acceptors (Lipinski definition) is 6. The third-order valence-corrected chi connectivity index (χ3v) is 6.11. The normalized spacial score (nSPS) is 12.6. The monoisotopic (exact) mass is 436 g/mol. The van der Waals surface area contributed by atoms with E-state index in [-0.39, 0.29) is 5.97 Å². The number of azo groups is 1. The van der Waals surface area contributed by atoms with Gasteiger partial charge in [0.25, 0.3) is 0 Å². The summed E-state index contributed by atoms with van der Waals surface area (Å²) in [6.07, 6.45) is 2.96. The van der Waals surface area contributed by atoms with Crippen LogP contribution in [-0.4, -0.2) is 18.2 Å². The van der Waals surface area contributed by atoms with Gasteiger partial charge >= 0.3 is 5.97 Å². The van der Waals surface area contributed by atoms with Crippen molar-refractivity contribution in [2.24, 2.45) is 10.2 Å². The van der Waals surface area contributed by atoms with Crippen LogP contribution >= 0.6 is 23.6 Å². The maximum atomic E-state index is 12.3. The molecule has 0 fully saturated rings. The summed E-state index contributed by atoms with van der Waals surface area (Å²) >= 11 is 7.02. The van der Waals surface area contributed by atoms with Gasteiger partial charge in [-0.25, -0.2) is 4.79 Å². The minimum Gasteiger partial charge on any atom is -0.465 e. The molecule has 1 heterocycles. The largest absolute Gasteiger partial charge is 0.465 e. The van der Waals surface area contributed by atoms with Crippen molar-refractivity contribution in [3.8, 4) is 0 Å². The molecule has 3 aromatic rings. The molecule has 1 aliphatic rings. The van der Waals surface area contributed by atoms with Gasteiger partial charge in [-0.2, -0.15) is 10.2 Å². The van der Waals surface area contributed by atoms with E-state index in [0.717, 1.165) is 46.9 Å². The van der Waals surface area contributed by atoms with Crippen LogP contribution in [0.5, 0.6) is 0 Å². The molecule has 2 aromatic carbocycles. The molecule has 0 saturated carbocycles. The summed E-state index contributed by atoms with van der Waals surface area (Å²) in [7, 11) is 1.40. The van der Waals surface area contributed by atoms with E-state index in [1.807, 2.05) is 54.6 Å². The summed E-state index contributed by atoms with van der Waals surface area (Å²) in [6.45, 7) is 0. The van der Waals surface area contributed by atoms with Gasteiger partial charge in [-0.1, -0.05) is 18.2 Å². The second-order valence-electron chi connectivity index (χ2n) is 6.71. The fourth-order valence-electron chi connectivity index (χ4n) is 3.30. The van der Waals surface area contributed by atoms with Crippen LogP contribution in [0, 0.1) is 0 Å². The Balaban J connectivity index is 1.41. The lowest BCUT2D eigenvalue weighted by molar-refractivity contribution is 0.0601. The van der Waals surface area contributed by atoms with E-state index in [9.17, 15) is 4.79 Å². The number of fused-ring (bicyclic) bond motifs is 1. The molecular formula is C22H20N4O2S2. The number of carbonyl (C=O) groups excluding carboxylic acids is 1. The first-order valence-corrected chi connectivity index (χ1v) is 10.7. The van der Waals surface area contributed by atoms with Gasteiger partial charge in [-0.05, 0) is 73.4 Å². The van der Waals surface area contributed by atoms with Gasteiger partial charge in [-0.3, -0.25) is 0 Å². The van der Waals surface area contributed by atoms with Crippen molar-refractivity contribution in [3.63, 3.8) is 0 Å². The van der Waals surface area contributed by atoms with Crippen molar-refractivity contribution in [3.05, 3.63) is 70.6 Å². The molecule has 0 amide bonds. The predicted molar refractivity (Wildman–Crippen MR) is 125 cm³/mol. The Morgan fingerprint density at radius 2 is 1.70 bits per heavy atom. The first kappa shape index (κ1) is 20.2. The molecule has 4 rings (SSSR count). The summed E-state index contributed by atoms with van der Waals surface area (Å²) in [4.78, 5) is 13.5. The Kier molecular flexibility index (Phi) is 6.15. The second-order valence-corrected chi connectivity index (χ2v) is 8.23. The zero-order valence-electron chi connectivity index (χ0n) is 16.3. The number of esters is 1. The summed E-state index contributed by atoms with van der Waals surface area (Å²) in [6, 6.07) is 17.0. The first-order valence-electron chi connectivity index (χ1n) is 9.52. The molecule has 0 radical (unpaired) electrons. The van der Waals surface area contributed by atoms with E-state index >= 15 is 0 Å². The van der Waals surface area contributed by atoms with Gasteiger partial charge in [0.15, 0.2) is 5.11 Å². The molecule has 30 heavy (non-hydrogen) atoms. The van der Waals surface area contributed by atoms with Crippen LogP contribution in [0.1, 0.15) is 27.2 Å². The topological polar surface area (TPSA) is 75.1 Å². The highest BCUT2D eigenvalue weighted by Crippen LogP contribution is 2.39. The number of hydrogen-bond donors (Lipinski definition) is 2. The van der Waals surface area contributed by atoms with Gasteiger partial charge in [0.05, 0.1) is 24.0 Å². The van der Waals surface area contributed by atoms with Crippen LogP contribution in [0.15, 0.2) is 64.8 Å². The molecule has 0 spiro atoms. The molecule has 0 saturated heterocycles. The van der Waals surface area contributed by atoms with Crippen LogP contribution in [0.2, 0.25) is 0 Å². The number of nitrogens with zero attached hydrogens (tertiary/aromatic N) is 2. The Labute approximate surface area is 184 Å². The number of carbonyl (C=O) groups is 1. The van der Waals surface area contributed by atoms with E-state index in [2.05, 4.69) is 20.9 Å². The van der Waals surface area contributed by atoms with Crippen LogP contribution < -0.4 is 10.6 Å². The summed E-state index contributed by atoms with van der Waals surface area (Å²) in [5.41, 5.74) is 4.05. The smallest absolute Gasteiger partial charge is 0.341 e. The van der Waals surface area contributed by atoms with Gasteiger partial charge < -0.3 is 15.4 Å². The maximum absolute atomic E-state index is 12.3. The van der Waals surface area contributed by atoms with Gasteiger partial charge in [0.1, 0.15) is 5.00 Å². The maximum Gasteiger partial charge on any atom is 0.341 e. The summed E-state index contributed by atoms with van der Waals surface area (Å²) in [5.74, 6) is -0.326. The lowest BCUT2D eigenvalue weighted by atomic mass is 10.1. The van der Waals surface area contributed by atoms with E-state index < -0.39 is 0 Å². The number of benzene rings is 2. The molecule has 1 aromatic heterocycles. The van der Waals surface area contributed by atoms with E-state index in [1.54, 1.807) is 11.3 Å². The fraction of sp³-hybridized carbons (Fsp3) is 0.182. The SMILES string of the molecule is COC(=O)c1c(NC(=S)Nc2ccc(N=Nc3ccccc3)cc2)sc2c1CCC2. The van der Waals surface area contributed by atoms with Gasteiger partial charge in [0, 0.05) is 10.6 Å². The van der Waals surface area contributed by atoms with Crippen molar-refractivity contribution in [2.75, 3.05) is 17.7 Å². The van der Waals surface area contributed by atoms with Crippen LogP contribution in [0.3, 0.4) is 0 Å². The standard InChI is InChI=1S/C22H20N4O2S2/c1-28-21(27)19-17-8-5-9-18(17)30-20(19)24-22(29)23-14-10-12-16(13-11-14)26-25-15-6-3-2-4-7-15/h2-4,6-7,10-13H,5,8-9H2,1H3,(H2,23,24,29). The molecular weight excluding hydrogens is 416 g/mol. The van der Waals surface area contributed by atoms with Crippen molar-refractivity contribution in [2.45, 2.75) is 19.3 Å². The molecule has 8 heteroatoms. The number of anilines is 2. The number of nitrogens with one attached hydrogen (secondary N) is 2. The average molecular weight is 437 g/mol. The number of thiocarbonyl (C=S) groups is 1. The number of methoxy groups -OCH3 is 1. The lowest BCUT2D eigenvalue weighted by Crippen LogP contribution is -2.20. The average Bonchev–Trinajstić information content (AvgIpc) is 3.34.